The van der Waals surface area contributed by atoms with Gasteiger partial charge in [-0.1, -0.05) is 13.8 Å². The topological polar surface area (TPSA) is 78.6 Å². The van der Waals surface area contributed by atoms with Crippen LogP contribution in [0.4, 0.5) is 0 Å². The Morgan fingerprint density at radius 2 is 2.12 bits per heavy atom. The lowest BCUT2D eigenvalue weighted by Gasteiger charge is -2.26. The Morgan fingerprint density at radius 3 is 2.65 bits per heavy atom. The number of rotatable bonds is 6. The van der Waals surface area contributed by atoms with E-state index in [0.29, 0.717) is 13.2 Å². The molecule has 0 radical (unpaired) electrons. The molecule has 17 heavy (non-hydrogen) atoms. The number of primary sulfonamides is 1. The second kappa shape index (κ2) is 6.13. The Bertz CT molecular complexity index is 320. The molecule has 0 bridgehead atoms. The summed E-state index contributed by atoms with van der Waals surface area (Å²) in [4.78, 5) is 0. The fourth-order valence-corrected chi connectivity index (χ4v) is 3.16. The van der Waals surface area contributed by atoms with Crippen molar-refractivity contribution in [2.24, 2.45) is 10.6 Å². The van der Waals surface area contributed by atoms with Crippen molar-refractivity contribution in [2.75, 3.05) is 25.6 Å². The van der Waals surface area contributed by atoms with Crippen molar-refractivity contribution >= 4 is 10.0 Å². The fraction of sp³-hybridized carbons (Fsp3) is 1.00. The zero-order chi connectivity index (χ0) is 12.9. The summed E-state index contributed by atoms with van der Waals surface area (Å²) in [5, 5.41) is 5.03. The molecule has 1 fully saturated rings. The average molecular weight is 265 g/mol. The lowest BCUT2D eigenvalue weighted by molar-refractivity contribution is -0.0525. The van der Waals surface area contributed by atoms with Crippen molar-refractivity contribution in [3.05, 3.63) is 0 Å². The fourth-order valence-electron chi connectivity index (χ4n) is 1.99. The van der Waals surface area contributed by atoms with Crippen molar-refractivity contribution in [1.82, 2.24) is 0 Å². The molecule has 102 valence electrons. The SMILES string of the molecule is CC(C)(COCC1CCCCO1)CS(N)(=O)=O. The number of hydrogen-bond donors (Lipinski definition) is 1. The van der Waals surface area contributed by atoms with E-state index in [1.807, 2.05) is 13.8 Å². The summed E-state index contributed by atoms with van der Waals surface area (Å²) in [5.41, 5.74) is -0.456. The molecule has 0 saturated carbocycles. The molecule has 0 aromatic heterocycles. The van der Waals surface area contributed by atoms with Crippen molar-refractivity contribution in [1.29, 1.82) is 0 Å². The highest BCUT2D eigenvalue weighted by atomic mass is 32.2. The minimum Gasteiger partial charge on any atom is -0.378 e. The Labute approximate surface area is 104 Å². The van der Waals surface area contributed by atoms with Crippen LogP contribution in [0.25, 0.3) is 0 Å². The predicted molar refractivity (Wildman–Crippen MR) is 66.2 cm³/mol. The van der Waals surface area contributed by atoms with Crippen LogP contribution in [0, 0.1) is 5.41 Å². The van der Waals surface area contributed by atoms with Crippen LogP contribution in [0.5, 0.6) is 0 Å². The van der Waals surface area contributed by atoms with Crippen LogP contribution in [0.3, 0.4) is 0 Å². The maximum atomic E-state index is 11.0. The Morgan fingerprint density at radius 1 is 1.41 bits per heavy atom. The van der Waals surface area contributed by atoms with Gasteiger partial charge in [0.25, 0.3) is 0 Å². The van der Waals surface area contributed by atoms with E-state index in [1.165, 1.54) is 6.42 Å². The molecular weight excluding hydrogens is 242 g/mol. The van der Waals surface area contributed by atoms with Crippen molar-refractivity contribution in [3.63, 3.8) is 0 Å². The number of hydrogen-bond acceptors (Lipinski definition) is 4. The van der Waals surface area contributed by atoms with E-state index >= 15 is 0 Å². The van der Waals surface area contributed by atoms with Gasteiger partial charge in [0.2, 0.25) is 10.0 Å². The molecule has 1 rings (SSSR count). The molecule has 1 unspecified atom stereocenters. The standard InChI is InChI=1S/C11H23NO4S/c1-11(2,9-17(12,13)14)8-15-7-10-5-3-4-6-16-10/h10H,3-9H2,1-2H3,(H2,12,13,14). The Balaban J connectivity index is 2.24. The molecule has 1 heterocycles. The van der Waals surface area contributed by atoms with Crippen LogP contribution >= 0.6 is 0 Å². The van der Waals surface area contributed by atoms with Crippen molar-refractivity contribution in [3.8, 4) is 0 Å². The normalized spacial score (nSPS) is 22.6. The predicted octanol–water partition coefficient (Wildman–Crippen LogP) is 0.887. The van der Waals surface area contributed by atoms with Gasteiger partial charge >= 0.3 is 0 Å². The van der Waals surface area contributed by atoms with Crippen molar-refractivity contribution in [2.45, 2.75) is 39.2 Å². The van der Waals surface area contributed by atoms with E-state index in [9.17, 15) is 8.42 Å². The molecule has 2 N–H and O–H groups in total. The zero-order valence-corrected chi connectivity index (χ0v) is 11.5. The summed E-state index contributed by atoms with van der Waals surface area (Å²) in [5.74, 6) is -0.0640. The van der Waals surface area contributed by atoms with Crippen LogP contribution in [0.15, 0.2) is 0 Å². The quantitative estimate of drug-likeness (QED) is 0.773. The van der Waals surface area contributed by atoms with Crippen LogP contribution in [-0.2, 0) is 19.5 Å². The van der Waals surface area contributed by atoms with Crippen molar-refractivity contribution < 1.29 is 17.9 Å². The highest BCUT2D eigenvalue weighted by Gasteiger charge is 2.25. The third kappa shape index (κ3) is 6.98. The van der Waals surface area contributed by atoms with Gasteiger partial charge in [-0.2, -0.15) is 0 Å². The average Bonchev–Trinajstić information content (AvgIpc) is 2.15. The molecule has 1 aliphatic rings. The first kappa shape index (κ1) is 14.9. The van der Waals surface area contributed by atoms with Gasteiger partial charge < -0.3 is 9.47 Å². The molecule has 0 amide bonds. The minimum absolute atomic E-state index is 0.0640. The maximum Gasteiger partial charge on any atom is 0.209 e. The summed E-state index contributed by atoms with van der Waals surface area (Å²) in [7, 11) is -3.45. The second-order valence-electron chi connectivity index (χ2n) is 5.48. The van der Waals surface area contributed by atoms with Gasteiger partial charge in [-0.3, -0.25) is 0 Å². The molecule has 1 saturated heterocycles. The van der Waals surface area contributed by atoms with E-state index in [-0.39, 0.29) is 11.9 Å². The first-order valence-corrected chi connectivity index (χ1v) is 7.70. The van der Waals surface area contributed by atoms with Gasteiger partial charge in [0.1, 0.15) is 0 Å². The minimum atomic E-state index is -3.45. The van der Waals surface area contributed by atoms with E-state index in [2.05, 4.69) is 0 Å². The zero-order valence-electron chi connectivity index (χ0n) is 10.6. The Kier molecular flexibility index (Phi) is 5.37. The molecular formula is C11H23NO4S. The molecule has 0 aromatic carbocycles. The molecule has 1 atom stereocenters. The van der Waals surface area contributed by atoms with Gasteiger partial charge in [-0.05, 0) is 19.3 Å². The van der Waals surface area contributed by atoms with Crippen LogP contribution in [-0.4, -0.2) is 40.1 Å². The van der Waals surface area contributed by atoms with E-state index in [0.717, 1.165) is 19.4 Å². The number of nitrogens with two attached hydrogens (primary N) is 1. The second-order valence-corrected chi connectivity index (χ2v) is 7.09. The van der Waals surface area contributed by atoms with Gasteiger partial charge in [0.15, 0.2) is 0 Å². The third-order valence-electron chi connectivity index (χ3n) is 2.66. The molecule has 6 heteroatoms. The lowest BCUT2D eigenvalue weighted by atomic mass is 9.98. The number of sulfonamides is 1. The highest BCUT2D eigenvalue weighted by molar-refractivity contribution is 7.89. The van der Waals surface area contributed by atoms with Crippen LogP contribution in [0.2, 0.25) is 0 Å². The third-order valence-corrected chi connectivity index (χ3v) is 3.85. The molecule has 5 nitrogen and oxygen atoms in total. The van der Waals surface area contributed by atoms with Crippen LogP contribution < -0.4 is 5.14 Å². The monoisotopic (exact) mass is 265 g/mol. The summed E-state index contributed by atoms with van der Waals surface area (Å²) in [6.45, 7) is 5.38. The molecule has 0 aromatic rings. The van der Waals surface area contributed by atoms with Gasteiger partial charge in [0, 0.05) is 12.0 Å². The van der Waals surface area contributed by atoms with Gasteiger partial charge in [0.05, 0.1) is 25.1 Å². The maximum absolute atomic E-state index is 11.0. The Hall–Kier alpha value is -0.170. The molecule has 1 aliphatic heterocycles. The summed E-state index contributed by atoms with van der Waals surface area (Å²) in [6, 6.07) is 0. The largest absolute Gasteiger partial charge is 0.378 e. The van der Waals surface area contributed by atoms with Gasteiger partial charge in [-0.25, -0.2) is 13.6 Å². The summed E-state index contributed by atoms with van der Waals surface area (Å²) >= 11 is 0. The van der Waals surface area contributed by atoms with E-state index in [1.54, 1.807) is 0 Å². The highest BCUT2D eigenvalue weighted by Crippen LogP contribution is 2.19. The first-order valence-electron chi connectivity index (χ1n) is 5.98. The molecule has 0 aliphatic carbocycles. The number of ether oxygens (including phenoxy) is 2. The van der Waals surface area contributed by atoms with Gasteiger partial charge in [-0.15, -0.1) is 0 Å². The smallest absolute Gasteiger partial charge is 0.209 e. The lowest BCUT2D eigenvalue weighted by Crippen LogP contribution is -2.34. The summed E-state index contributed by atoms with van der Waals surface area (Å²) < 4.78 is 33.1. The van der Waals surface area contributed by atoms with E-state index < -0.39 is 15.4 Å². The van der Waals surface area contributed by atoms with Crippen LogP contribution in [0.1, 0.15) is 33.1 Å². The van der Waals surface area contributed by atoms with E-state index in [4.69, 9.17) is 14.6 Å². The molecule has 0 spiro atoms. The summed E-state index contributed by atoms with van der Waals surface area (Å²) in [6.07, 6.45) is 3.48. The first-order chi connectivity index (χ1) is 7.79.